The fourth-order valence-corrected chi connectivity index (χ4v) is 3.65. The maximum Gasteiger partial charge on any atom is 0.240 e. The molecule has 0 spiro atoms. The van der Waals surface area contributed by atoms with Crippen LogP contribution in [-0.4, -0.2) is 54.7 Å². The first kappa shape index (κ1) is 16.2. The molecular formula is C16H21N3O3S. The van der Waals surface area contributed by atoms with E-state index in [2.05, 4.69) is 15.2 Å². The summed E-state index contributed by atoms with van der Waals surface area (Å²) in [6.45, 7) is 6.59. The Labute approximate surface area is 139 Å². The predicted molar refractivity (Wildman–Crippen MR) is 91.3 cm³/mol. The Hall–Kier alpha value is -1.70. The second-order valence-corrected chi connectivity index (χ2v) is 7.22. The summed E-state index contributed by atoms with van der Waals surface area (Å²) in [4.78, 5) is 18.8. The second kappa shape index (κ2) is 6.43. The van der Waals surface area contributed by atoms with Gasteiger partial charge in [-0.3, -0.25) is 9.69 Å². The lowest BCUT2D eigenvalue weighted by molar-refractivity contribution is -0.122. The molecule has 0 atom stereocenters. The quantitative estimate of drug-likeness (QED) is 0.929. The Morgan fingerprint density at radius 1 is 1.52 bits per heavy atom. The zero-order chi connectivity index (χ0) is 16.4. The van der Waals surface area contributed by atoms with Crippen LogP contribution in [0.3, 0.4) is 0 Å². The fourth-order valence-electron chi connectivity index (χ4n) is 2.75. The molecule has 1 fully saturated rings. The summed E-state index contributed by atoms with van der Waals surface area (Å²) < 4.78 is 12.0. The van der Waals surface area contributed by atoms with Crippen LogP contribution in [0.4, 0.5) is 5.13 Å². The molecule has 0 bridgehead atoms. The predicted octanol–water partition coefficient (Wildman–Crippen LogP) is 2.35. The summed E-state index contributed by atoms with van der Waals surface area (Å²) in [5.41, 5.74) is 0.574. The lowest BCUT2D eigenvalue weighted by atomic mass is 10.1. The van der Waals surface area contributed by atoms with Gasteiger partial charge >= 0.3 is 0 Å². The largest absolute Gasteiger partial charge is 0.494 e. The normalized spacial score (nSPS) is 18.0. The number of hydrogen-bond donors (Lipinski definition) is 1. The highest BCUT2D eigenvalue weighted by Crippen LogP contribution is 2.32. The van der Waals surface area contributed by atoms with Crippen molar-refractivity contribution in [3.63, 3.8) is 0 Å². The highest BCUT2D eigenvalue weighted by atomic mass is 32.1. The van der Waals surface area contributed by atoms with Gasteiger partial charge in [-0.05, 0) is 26.0 Å². The van der Waals surface area contributed by atoms with Crippen molar-refractivity contribution >= 4 is 32.6 Å². The average Bonchev–Trinajstić information content (AvgIpc) is 2.87. The van der Waals surface area contributed by atoms with Crippen molar-refractivity contribution < 1.29 is 14.3 Å². The van der Waals surface area contributed by atoms with E-state index in [0.29, 0.717) is 24.0 Å². The molecule has 1 aliphatic heterocycles. The lowest BCUT2D eigenvalue weighted by Gasteiger charge is -2.37. The molecule has 124 valence electrons. The summed E-state index contributed by atoms with van der Waals surface area (Å²) in [5, 5.41) is 3.49. The number of aromatic nitrogens is 1. The SMILES string of the molecule is COc1cccc2sc(NC(=O)CN3CCOC(C)(C)C3)nc12. The van der Waals surface area contributed by atoms with Gasteiger partial charge in [-0.2, -0.15) is 0 Å². The van der Waals surface area contributed by atoms with Crippen molar-refractivity contribution in [2.45, 2.75) is 19.4 Å². The third kappa shape index (κ3) is 3.80. The third-order valence-electron chi connectivity index (χ3n) is 3.72. The molecule has 0 radical (unpaired) electrons. The summed E-state index contributed by atoms with van der Waals surface area (Å²) >= 11 is 1.45. The van der Waals surface area contributed by atoms with Crippen molar-refractivity contribution in [3.05, 3.63) is 18.2 Å². The number of ether oxygens (including phenoxy) is 2. The first-order valence-corrected chi connectivity index (χ1v) is 8.38. The van der Waals surface area contributed by atoms with Gasteiger partial charge in [0.05, 0.1) is 30.6 Å². The number of amides is 1. The molecule has 2 heterocycles. The van der Waals surface area contributed by atoms with Crippen LogP contribution in [-0.2, 0) is 9.53 Å². The molecule has 1 amide bonds. The molecule has 23 heavy (non-hydrogen) atoms. The van der Waals surface area contributed by atoms with Crippen molar-refractivity contribution in [2.24, 2.45) is 0 Å². The van der Waals surface area contributed by atoms with Gasteiger partial charge in [0.1, 0.15) is 11.3 Å². The van der Waals surface area contributed by atoms with Gasteiger partial charge in [0, 0.05) is 13.1 Å². The average molecular weight is 335 g/mol. The number of carbonyl (C=O) groups is 1. The Morgan fingerprint density at radius 2 is 2.35 bits per heavy atom. The fraction of sp³-hybridized carbons (Fsp3) is 0.500. The van der Waals surface area contributed by atoms with E-state index in [1.165, 1.54) is 11.3 Å². The van der Waals surface area contributed by atoms with Crippen LogP contribution in [0, 0.1) is 0 Å². The van der Waals surface area contributed by atoms with Crippen LogP contribution >= 0.6 is 11.3 Å². The molecular weight excluding hydrogens is 314 g/mol. The first-order chi connectivity index (χ1) is 11.0. The van der Waals surface area contributed by atoms with Crippen molar-refractivity contribution in [1.29, 1.82) is 0 Å². The molecule has 1 saturated heterocycles. The first-order valence-electron chi connectivity index (χ1n) is 7.56. The summed E-state index contributed by atoms with van der Waals surface area (Å²) in [6.07, 6.45) is 0. The molecule has 0 aliphatic carbocycles. The van der Waals surface area contributed by atoms with E-state index in [1.807, 2.05) is 32.0 Å². The van der Waals surface area contributed by atoms with Crippen molar-refractivity contribution in [2.75, 3.05) is 38.7 Å². The van der Waals surface area contributed by atoms with Crippen molar-refractivity contribution in [3.8, 4) is 5.75 Å². The van der Waals surface area contributed by atoms with E-state index in [4.69, 9.17) is 9.47 Å². The number of hydrogen-bond acceptors (Lipinski definition) is 6. The zero-order valence-electron chi connectivity index (χ0n) is 13.6. The number of benzene rings is 1. The number of morpholine rings is 1. The lowest BCUT2D eigenvalue weighted by Crippen LogP contribution is -2.50. The van der Waals surface area contributed by atoms with E-state index >= 15 is 0 Å². The van der Waals surface area contributed by atoms with Crippen LogP contribution < -0.4 is 10.1 Å². The smallest absolute Gasteiger partial charge is 0.240 e. The summed E-state index contributed by atoms with van der Waals surface area (Å²) in [6, 6.07) is 5.75. The number of methoxy groups -OCH3 is 1. The molecule has 7 heteroatoms. The van der Waals surface area contributed by atoms with E-state index in [9.17, 15) is 4.79 Å². The number of thiazole rings is 1. The molecule has 1 aliphatic rings. The van der Waals surface area contributed by atoms with Crippen LogP contribution in [0.1, 0.15) is 13.8 Å². The topological polar surface area (TPSA) is 63.7 Å². The number of carbonyl (C=O) groups excluding carboxylic acids is 1. The second-order valence-electron chi connectivity index (χ2n) is 6.19. The Morgan fingerprint density at radius 3 is 3.09 bits per heavy atom. The Balaban J connectivity index is 1.66. The molecule has 0 saturated carbocycles. The van der Waals surface area contributed by atoms with Gasteiger partial charge in [-0.1, -0.05) is 17.4 Å². The molecule has 1 aromatic carbocycles. The standard InChI is InChI=1S/C16H21N3O3S/c1-16(2)10-19(7-8-22-16)9-13(20)17-15-18-14-11(21-3)5-4-6-12(14)23-15/h4-6H,7-10H2,1-3H3,(H,17,18,20). The maximum absolute atomic E-state index is 12.3. The monoisotopic (exact) mass is 335 g/mol. The number of fused-ring (bicyclic) bond motifs is 1. The molecule has 1 N–H and O–H groups in total. The summed E-state index contributed by atoms with van der Waals surface area (Å²) in [5.74, 6) is 0.662. The van der Waals surface area contributed by atoms with Gasteiger partial charge < -0.3 is 14.8 Å². The van der Waals surface area contributed by atoms with E-state index in [0.717, 1.165) is 23.3 Å². The van der Waals surface area contributed by atoms with Gasteiger partial charge in [0.25, 0.3) is 0 Å². The number of anilines is 1. The molecule has 0 unspecified atom stereocenters. The van der Waals surface area contributed by atoms with Crippen LogP contribution in [0.2, 0.25) is 0 Å². The van der Waals surface area contributed by atoms with Crippen LogP contribution in [0.25, 0.3) is 10.2 Å². The highest BCUT2D eigenvalue weighted by molar-refractivity contribution is 7.22. The third-order valence-corrected chi connectivity index (χ3v) is 4.66. The number of rotatable bonds is 4. The number of nitrogens with one attached hydrogen (secondary N) is 1. The molecule has 2 aromatic rings. The van der Waals surface area contributed by atoms with Gasteiger partial charge in [0.15, 0.2) is 5.13 Å². The minimum Gasteiger partial charge on any atom is -0.494 e. The molecule has 1 aromatic heterocycles. The maximum atomic E-state index is 12.3. The van der Waals surface area contributed by atoms with Crippen LogP contribution in [0.5, 0.6) is 5.75 Å². The minimum absolute atomic E-state index is 0.0549. The van der Waals surface area contributed by atoms with Crippen LogP contribution in [0.15, 0.2) is 18.2 Å². The van der Waals surface area contributed by atoms with Crippen molar-refractivity contribution in [1.82, 2.24) is 9.88 Å². The number of nitrogens with zero attached hydrogens (tertiary/aromatic N) is 2. The van der Waals surface area contributed by atoms with Gasteiger partial charge in [-0.15, -0.1) is 0 Å². The Bertz CT molecular complexity index is 714. The minimum atomic E-state index is -0.207. The van der Waals surface area contributed by atoms with Gasteiger partial charge in [0.2, 0.25) is 5.91 Å². The summed E-state index contributed by atoms with van der Waals surface area (Å²) in [7, 11) is 1.62. The van der Waals surface area contributed by atoms with E-state index < -0.39 is 0 Å². The Kier molecular flexibility index (Phi) is 4.52. The van der Waals surface area contributed by atoms with E-state index in [1.54, 1.807) is 7.11 Å². The molecule has 3 rings (SSSR count). The number of para-hydroxylation sites is 1. The highest BCUT2D eigenvalue weighted by Gasteiger charge is 2.28. The van der Waals surface area contributed by atoms with E-state index in [-0.39, 0.29) is 11.5 Å². The molecule has 6 nitrogen and oxygen atoms in total. The van der Waals surface area contributed by atoms with Gasteiger partial charge in [-0.25, -0.2) is 4.98 Å². The zero-order valence-corrected chi connectivity index (χ0v) is 14.4.